The molecule has 0 heterocycles. The number of carbonyl (C=O) groups excluding carboxylic acids is 2. The van der Waals surface area contributed by atoms with Gasteiger partial charge < -0.3 is 15.0 Å². The van der Waals surface area contributed by atoms with E-state index in [4.69, 9.17) is 4.74 Å². The Morgan fingerprint density at radius 2 is 2.00 bits per heavy atom. The summed E-state index contributed by atoms with van der Waals surface area (Å²) in [5, 5.41) is 2.49. The van der Waals surface area contributed by atoms with Crippen molar-refractivity contribution in [2.45, 2.75) is 20.8 Å². The normalized spacial score (nSPS) is 9.44. The molecular weight excluding hydrogens is 208 g/mol. The number of hydrogen-bond donors (Lipinski definition) is 1. The second-order valence-corrected chi connectivity index (χ2v) is 3.44. The van der Waals surface area contributed by atoms with Crippen molar-refractivity contribution in [2.24, 2.45) is 0 Å². The number of carbonyl (C=O) groups is 2. The number of ether oxygens (including phenoxy) is 1. The van der Waals surface area contributed by atoms with Crippen molar-refractivity contribution < 1.29 is 14.3 Å². The highest BCUT2D eigenvalue weighted by molar-refractivity contribution is 5.80. The molecule has 0 aromatic rings. The molecule has 0 aliphatic heterocycles. The van der Waals surface area contributed by atoms with Gasteiger partial charge in [0.05, 0.1) is 6.61 Å². The van der Waals surface area contributed by atoms with Gasteiger partial charge in [-0.2, -0.15) is 0 Å². The maximum Gasteiger partial charge on any atom is 0.325 e. The Kier molecular flexibility index (Phi) is 7.00. The fourth-order valence-electron chi connectivity index (χ4n) is 1.12. The van der Waals surface area contributed by atoms with Crippen LogP contribution in [-0.2, 0) is 9.53 Å². The van der Waals surface area contributed by atoms with Crippen LogP contribution < -0.4 is 5.32 Å². The Hall–Kier alpha value is -1.52. The third-order valence-electron chi connectivity index (χ3n) is 1.82. The van der Waals surface area contributed by atoms with Gasteiger partial charge in [-0.3, -0.25) is 4.79 Å². The molecule has 5 heteroatoms. The van der Waals surface area contributed by atoms with Gasteiger partial charge in [-0.05, 0) is 20.8 Å². The van der Waals surface area contributed by atoms with Crippen LogP contribution >= 0.6 is 0 Å². The van der Waals surface area contributed by atoms with Crippen LogP contribution in [0.3, 0.4) is 0 Å². The van der Waals surface area contributed by atoms with Gasteiger partial charge in [0.2, 0.25) is 0 Å². The molecule has 0 aliphatic rings. The Balaban J connectivity index is 4.02. The van der Waals surface area contributed by atoms with E-state index in [-0.39, 0.29) is 12.6 Å². The van der Waals surface area contributed by atoms with Crippen LogP contribution in [-0.4, -0.2) is 43.1 Å². The van der Waals surface area contributed by atoms with Crippen LogP contribution in [0, 0.1) is 0 Å². The molecule has 0 aromatic heterocycles. The fraction of sp³-hybridized carbons (Fsp3) is 0.636. The lowest BCUT2D eigenvalue weighted by molar-refractivity contribution is -0.141. The Morgan fingerprint density at radius 1 is 1.38 bits per heavy atom. The zero-order chi connectivity index (χ0) is 12.6. The minimum Gasteiger partial charge on any atom is -0.465 e. The van der Waals surface area contributed by atoms with Crippen molar-refractivity contribution in [1.82, 2.24) is 10.2 Å². The summed E-state index contributed by atoms with van der Waals surface area (Å²) < 4.78 is 4.70. The molecule has 92 valence electrons. The summed E-state index contributed by atoms with van der Waals surface area (Å²) in [5.41, 5.74) is 0.896. The van der Waals surface area contributed by atoms with Gasteiger partial charge in [0.1, 0.15) is 6.54 Å². The van der Waals surface area contributed by atoms with E-state index in [1.54, 1.807) is 11.8 Å². The first-order valence-electron chi connectivity index (χ1n) is 5.34. The molecule has 1 N–H and O–H groups in total. The van der Waals surface area contributed by atoms with E-state index in [0.29, 0.717) is 19.7 Å². The van der Waals surface area contributed by atoms with Crippen LogP contribution in [0.25, 0.3) is 0 Å². The number of likely N-dealkylation sites (N-methyl/N-ethyl adjacent to an activating group) is 1. The van der Waals surface area contributed by atoms with E-state index in [9.17, 15) is 9.59 Å². The number of nitrogens with zero attached hydrogens (tertiary/aromatic N) is 1. The Bertz CT molecular complexity index is 264. The summed E-state index contributed by atoms with van der Waals surface area (Å²) in [6, 6.07) is -0.279. The highest BCUT2D eigenvalue weighted by Gasteiger charge is 2.12. The zero-order valence-corrected chi connectivity index (χ0v) is 10.2. The smallest absolute Gasteiger partial charge is 0.325 e. The molecule has 0 aliphatic carbocycles. The van der Waals surface area contributed by atoms with Gasteiger partial charge in [0.15, 0.2) is 0 Å². The molecule has 0 aromatic carbocycles. The number of rotatable bonds is 6. The lowest BCUT2D eigenvalue weighted by atomic mass is 10.3. The third-order valence-corrected chi connectivity index (χ3v) is 1.82. The molecule has 0 fully saturated rings. The largest absolute Gasteiger partial charge is 0.465 e. The Labute approximate surface area is 96.4 Å². The molecule has 16 heavy (non-hydrogen) atoms. The summed E-state index contributed by atoms with van der Waals surface area (Å²) in [6.45, 7) is 10.5. The number of nitrogens with one attached hydrogen (secondary N) is 1. The van der Waals surface area contributed by atoms with Crippen LogP contribution in [0.4, 0.5) is 4.79 Å². The van der Waals surface area contributed by atoms with Crippen molar-refractivity contribution in [3.05, 3.63) is 12.2 Å². The van der Waals surface area contributed by atoms with E-state index in [1.165, 1.54) is 0 Å². The van der Waals surface area contributed by atoms with Gasteiger partial charge in [-0.15, -0.1) is 0 Å². The first kappa shape index (κ1) is 14.5. The molecule has 0 rings (SSSR count). The molecule has 0 radical (unpaired) electrons. The van der Waals surface area contributed by atoms with Crippen molar-refractivity contribution in [3.63, 3.8) is 0 Å². The molecule has 0 bridgehead atoms. The van der Waals surface area contributed by atoms with Gasteiger partial charge in [-0.1, -0.05) is 12.2 Å². The van der Waals surface area contributed by atoms with E-state index < -0.39 is 5.97 Å². The van der Waals surface area contributed by atoms with E-state index >= 15 is 0 Å². The van der Waals surface area contributed by atoms with Crippen LogP contribution in [0.1, 0.15) is 20.8 Å². The molecule has 0 atom stereocenters. The predicted octanol–water partition coefficient (Wildman–Crippen LogP) is 1.16. The fourth-order valence-corrected chi connectivity index (χ4v) is 1.12. The summed E-state index contributed by atoms with van der Waals surface area (Å²) >= 11 is 0. The quantitative estimate of drug-likeness (QED) is 0.548. The zero-order valence-electron chi connectivity index (χ0n) is 10.2. The average Bonchev–Trinajstić information content (AvgIpc) is 2.22. The number of esters is 1. The highest BCUT2D eigenvalue weighted by atomic mass is 16.5. The van der Waals surface area contributed by atoms with Gasteiger partial charge in [0, 0.05) is 13.1 Å². The van der Waals surface area contributed by atoms with E-state index in [0.717, 1.165) is 5.57 Å². The minimum absolute atomic E-state index is 0.0979. The van der Waals surface area contributed by atoms with Gasteiger partial charge in [0.25, 0.3) is 0 Å². The van der Waals surface area contributed by atoms with Crippen LogP contribution in [0.2, 0.25) is 0 Å². The van der Waals surface area contributed by atoms with E-state index in [2.05, 4.69) is 11.9 Å². The van der Waals surface area contributed by atoms with Crippen LogP contribution in [0.15, 0.2) is 12.2 Å². The maximum atomic E-state index is 11.6. The predicted molar refractivity (Wildman–Crippen MR) is 62.1 cm³/mol. The first-order valence-corrected chi connectivity index (χ1v) is 5.34. The SMILES string of the molecule is C=C(C)CN(CC)C(=O)NCC(=O)OCC. The van der Waals surface area contributed by atoms with Crippen molar-refractivity contribution in [1.29, 1.82) is 0 Å². The molecule has 0 spiro atoms. The van der Waals surface area contributed by atoms with Gasteiger partial charge in [-0.25, -0.2) is 4.79 Å². The monoisotopic (exact) mass is 228 g/mol. The number of hydrogen-bond acceptors (Lipinski definition) is 3. The Morgan fingerprint density at radius 3 is 2.44 bits per heavy atom. The highest BCUT2D eigenvalue weighted by Crippen LogP contribution is 1.95. The lowest BCUT2D eigenvalue weighted by Crippen LogP contribution is -2.42. The van der Waals surface area contributed by atoms with E-state index in [1.807, 2.05) is 13.8 Å². The molecular formula is C11H20N2O3. The van der Waals surface area contributed by atoms with Crippen molar-refractivity contribution >= 4 is 12.0 Å². The number of urea groups is 1. The molecule has 0 unspecified atom stereocenters. The third kappa shape index (κ3) is 6.06. The van der Waals surface area contributed by atoms with Crippen molar-refractivity contribution in [3.8, 4) is 0 Å². The summed E-state index contributed by atoms with van der Waals surface area (Å²) in [7, 11) is 0. The molecule has 0 saturated carbocycles. The first-order chi connectivity index (χ1) is 7.51. The number of amides is 2. The standard InChI is InChI=1S/C11H20N2O3/c1-5-13(8-9(3)4)11(15)12-7-10(14)16-6-2/h3,5-8H2,1-2,4H3,(H,12,15). The summed E-state index contributed by atoms with van der Waals surface area (Å²) in [6.07, 6.45) is 0. The summed E-state index contributed by atoms with van der Waals surface area (Å²) in [5.74, 6) is -0.428. The molecule has 0 saturated heterocycles. The van der Waals surface area contributed by atoms with Crippen molar-refractivity contribution in [2.75, 3.05) is 26.2 Å². The van der Waals surface area contributed by atoms with Crippen LogP contribution in [0.5, 0.6) is 0 Å². The van der Waals surface area contributed by atoms with Gasteiger partial charge >= 0.3 is 12.0 Å². The maximum absolute atomic E-state index is 11.6. The summed E-state index contributed by atoms with van der Waals surface area (Å²) in [4.78, 5) is 24.2. The topological polar surface area (TPSA) is 58.6 Å². The molecule has 2 amide bonds. The lowest BCUT2D eigenvalue weighted by Gasteiger charge is -2.21. The second-order valence-electron chi connectivity index (χ2n) is 3.44. The molecule has 5 nitrogen and oxygen atoms in total. The average molecular weight is 228 g/mol. The minimum atomic E-state index is -0.428. The second kappa shape index (κ2) is 7.73.